The van der Waals surface area contributed by atoms with Gasteiger partial charge in [-0.05, 0) is 36.4 Å². The topological polar surface area (TPSA) is 26.3 Å². The summed E-state index contributed by atoms with van der Waals surface area (Å²) in [5.41, 5.74) is 0.740. The number of para-hydroxylation sites is 1. The second-order valence-corrected chi connectivity index (χ2v) is 6.13. The van der Waals surface area contributed by atoms with E-state index in [0.29, 0.717) is 6.42 Å². The van der Waals surface area contributed by atoms with Crippen molar-refractivity contribution in [3.05, 3.63) is 60.2 Å². The molecule has 0 aromatic heterocycles. The number of hydrogen-bond acceptors (Lipinski definition) is 2. The number of ketones is 1. The largest absolute Gasteiger partial charge is 0.457 e. The summed E-state index contributed by atoms with van der Waals surface area (Å²) in [6.07, 6.45) is 0.558. The van der Waals surface area contributed by atoms with Crippen molar-refractivity contribution in [1.29, 1.82) is 0 Å². The lowest BCUT2D eigenvalue weighted by molar-refractivity contribution is -0.869. The van der Waals surface area contributed by atoms with Crippen LogP contribution < -0.4 is 4.74 Å². The molecule has 22 heavy (non-hydrogen) atoms. The monoisotopic (exact) mass is 412 g/mol. The normalized spacial score (nSPS) is 10.7. The van der Waals surface area contributed by atoms with Gasteiger partial charge in [0.25, 0.3) is 0 Å². The SMILES string of the molecule is C[N+](C)(C)CCC(=O)c1ccc(Oc2ccccc2)cc1.I. The Morgan fingerprint density at radius 3 is 2.00 bits per heavy atom. The van der Waals surface area contributed by atoms with Crippen LogP contribution in [0.1, 0.15) is 16.8 Å². The molecule has 2 aromatic rings. The van der Waals surface area contributed by atoms with Crippen LogP contribution in [0.5, 0.6) is 11.5 Å². The molecular formula is C18H23INO2+. The fraction of sp³-hybridized carbons (Fsp3) is 0.278. The molecule has 118 valence electrons. The first-order valence-electron chi connectivity index (χ1n) is 7.11. The van der Waals surface area contributed by atoms with Crippen LogP contribution in [0.3, 0.4) is 0 Å². The number of nitrogens with zero attached hydrogens (tertiary/aromatic N) is 1. The minimum absolute atomic E-state index is 0. The molecule has 0 aliphatic rings. The lowest BCUT2D eigenvalue weighted by Crippen LogP contribution is -2.36. The van der Waals surface area contributed by atoms with E-state index in [-0.39, 0.29) is 29.8 Å². The van der Waals surface area contributed by atoms with Crippen molar-refractivity contribution in [3.63, 3.8) is 0 Å². The number of ether oxygens (including phenoxy) is 1. The highest BCUT2D eigenvalue weighted by Crippen LogP contribution is 2.21. The zero-order chi connectivity index (χ0) is 15.3. The van der Waals surface area contributed by atoms with E-state index < -0.39 is 0 Å². The van der Waals surface area contributed by atoms with Gasteiger partial charge in [-0.25, -0.2) is 0 Å². The van der Waals surface area contributed by atoms with Crippen molar-refractivity contribution >= 4 is 29.8 Å². The van der Waals surface area contributed by atoms with Gasteiger partial charge in [0.15, 0.2) is 5.78 Å². The van der Waals surface area contributed by atoms with E-state index in [1.807, 2.05) is 54.6 Å². The molecule has 0 amide bonds. The number of carbonyl (C=O) groups excluding carboxylic acids is 1. The maximum absolute atomic E-state index is 12.1. The summed E-state index contributed by atoms with van der Waals surface area (Å²) in [5, 5.41) is 0. The molecule has 0 aliphatic carbocycles. The molecule has 0 N–H and O–H groups in total. The minimum atomic E-state index is 0. The molecule has 0 saturated heterocycles. The zero-order valence-electron chi connectivity index (χ0n) is 13.3. The third-order valence-corrected chi connectivity index (χ3v) is 3.16. The second-order valence-electron chi connectivity index (χ2n) is 6.13. The first-order valence-corrected chi connectivity index (χ1v) is 7.11. The summed E-state index contributed by atoms with van der Waals surface area (Å²) in [4.78, 5) is 12.1. The quantitative estimate of drug-likeness (QED) is 0.400. The number of quaternary nitrogens is 1. The van der Waals surface area contributed by atoms with Gasteiger partial charge in [0.1, 0.15) is 11.5 Å². The predicted molar refractivity (Wildman–Crippen MR) is 100 cm³/mol. The third-order valence-electron chi connectivity index (χ3n) is 3.16. The molecule has 0 unspecified atom stereocenters. The fourth-order valence-corrected chi connectivity index (χ4v) is 1.91. The molecule has 0 radical (unpaired) electrons. The van der Waals surface area contributed by atoms with Crippen molar-refractivity contribution in [1.82, 2.24) is 0 Å². The molecule has 0 atom stereocenters. The number of halogens is 1. The van der Waals surface area contributed by atoms with Gasteiger partial charge >= 0.3 is 0 Å². The molecule has 0 heterocycles. The van der Waals surface area contributed by atoms with Crippen molar-refractivity contribution < 1.29 is 14.0 Å². The van der Waals surface area contributed by atoms with Crippen LogP contribution >= 0.6 is 24.0 Å². The summed E-state index contributed by atoms with van der Waals surface area (Å²) in [6, 6.07) is 16.9. The smallest absolute Gasteiger partial charge is 0.168 e. The Balaban J connectivity index is 0.00000242. The average molecular weight is 412 g/mol. The van der Waals surface area contributed by atoms with Gasteiger partial charge in [0.2, 0.25) is 0 Å². The number of rotatable bonds is 6. The standard InChI is InChI=1S/C18H22NO2.HI/c1-19(2,3)14-13-18(20)15-9-11-17(12-10-15)21-16-7-5-4-6-8-16;/h4-12H,13-14H2,1-3H3;1H/q+1;. The highest BCUT2D eigenvalue weighted by molar-refractivity contribution is 14.0. The Bertz CT molecular complexity index is 589. The van der Waals surface area contributed by atoms with E-state index in [9.17, 15) is 4.79 Å². The molecule has 0 bridgehead atoms. The van der Waals surface area contributed by atoms with Gasteiger partial charge in [-0.2, -0.15) is 0 Å². The van der Waals surface area contributed by atoms with Crippen LogP contribution in [0.25, 0.3) is 0 Å². The number of carbonyl (C=O) groups is 1. The van der Waals surface area contributed by atoms with Gasteiger partial charge in [-0.1, -0.05) is 18.2 Å². The van der Waals surface area contributed by atoms with Gasteiger partial charge in [-0.3, -0.25) is 4.79 Å². The summed E-state index contributed by atoms with van der Waals surface area (Å²) in [6.45, 7) is 0.834. The predicted octanol–water partition coefficient (Wildman–Crippen LogP) is 4.38. The maximum atomic E-state index is 12.1. The molecule has 0 fully saturated rings. The zero-order valence-corrected chi connectivity index (χ0v) is 15.6. The highest BCUT2D eigenvalue weighted by atomic mass is 127. The molecule has 3 nitrogen and oxygen atoms in total. The fourth-order valence-electron chi connectivity index (χ4n) is 1.91. The highest BCUT2D eigenvalue weighted by Gasteiger charge is 2.12. The van der Waals surface area contributed by atoms with Crippen LogP contribution in [0.2, 0.25) is 0 Å². The molecule has 2 aromatic carbocycles. The molecule has 0 saturated carbocycles. The van der Waals surface area contributed by atoms with Crippen molar-refractivity contribution in [2.24, 2.45) is 0 Å². The van der Waals surface area contributed by atoms with Gasteiger partial charge in [-0.15, -0.1) is 24.0 Å². The molecule has 0 aliphatic heterocycles. The summed E-state index contributed by atoms with van der Waals surface area (Å²) >= 11 is 0. The van der Waals surface area contributed by atoms with E-state index in [4.69, 9.17) is 4.74 Å². The summed E-state index contributed by atoms with van der Waals surface area (Å²) in [5.74, 6) is 1.71. The molecule has 0 spiro atoms. The van der Waals surface area contributed by atoms with Crippen LogP contribution in [0.15, 0.2) is 54.6 Å². The van der Waals surface area contributed by atoms with Crippen LogP contribution in [0.4, 0.5) is 0 Å². The van der Waals surface area contributed by atoms with E-state index in [2.05, 4.69) is 21.1 Å². The first kappa shape index (κ1) is 18.6. The Hall–Kier alpha value is -1.40. The van der Waals surface area contributed by atoms with Crippen LogP contribution in [0, 0.1) is 0 Å². The van der Waals surface area contributed by atoms with E-state index in [1.165, 1.54) is 0 Å². The Morgan fingerprint density at radius 1 is 0.909 bits per heavy atom. The van der Waals surface area contributed by atoms with E-state index >= 15 is 0 Å². The summed E-state index contributed by atoms with van der Waals surface area (Å²) in [7, 11) is 6.26. The molecule has 4 heteroatoms. The van der Waals surface area contributed by atoms with Crippen molar-refractivity contribution in [2.45, 2.75) is 6.42 Å². The maximum Gasteiger partial charge on any atom is 0.168 e. The second kappa shape index (κ2) is 8.29. The van der Waals surface area contributed by atoms with Crippen LogP contribution in [-0.4, -0.2) is 38.0 Å². The minimum Gasteiger partial charge on any atom is -0.457 e. The Kier molecular flexibility index (Phi) is 7.03. The first-order chi connectivity index (χ1) is 9.94. The van der Waals surface area contributed by atoms with Gasteiger partial charge in [0, 0.05) is 5.56 Å². The lowest BCUT2D eigenvalue weighted by atomic mass is 10.1. The average Bonchev–Trinajstić information content (AvgIpc) is 2.46. The van der Waals surface area contributed by atoms with Crippen molar-refractivity contribution in [3.8, 4) is 11.5 Å². The number of hydrogen-bond donors (Lipinski definition) is 0. The van der Waals surface area contributed by atoms with E-state index in [1.54, 1.807) is 0 Å². The molecule has 2 rings (SSSR count). The molecular weight excluding hydrogens is 389 g/mol. The van der Waals surface area contributed by atoms with Gasteiger partial charge in [0.05, 0.1) is 34.1 Å². The van der Waals surface area contributed by atoms with E-state index in [0.717, 1.165) is 28.1 Å². The van der Waals surface area contributed by atoms with Crippen molar-refractivity contribution in [2.75, 3.05) is 27.7 Å². The lowest BCUT2D eigenvalue weighted by Gasteiger charge is -2.23. The number of Topliss-reactive ketones (excluding diaryl/α,β-unsaturated/α-hetero) is 1. The van der Waals surface area contributed by atoms with Gasteiger partial charge < -0.3 is 9.22 Å². The summed E-state index contributed by atoms with van der Waals surface area (Å²) < 4.78 is 6.51. The Morgan fingerprint density at radius 2 is 1.45 bits per heavy atom. The number of benzene rings is 2. The van der Waals surface area contributed by atoms with Crippen LogP contribution in [-0.2, 0) is 0 Å². The third kappa shape index (κ3) is 6.15. The Labute approximate surface area is 149 Å².